The molecule has 0 aliphatic carbocycles. The Morgan fingerprint density at radius 1 is 1.07 bits per heavy atom. The first-order valence-electron chi connectivity index (χ1n) is 9.07. The molecule has 0 fully saturated rings. The Bertz CT molecular complexity index is 933. The van der Waals surface area contributed by atoms with E-state index in [2.05, 4.69) is 15.4 Å². The largest absolute Gasteiger partial charge is 0.451 e. The summed E-state index contributed by atoms with van der Waals surface area (Å²) < 4.78 is 34.2. The number of carbonyl (C=O) groups excluding carboxylic acids is 3. The summed E-state index contributed by atoms with van der Waals surface area (Å²) in [7, 11) is 0. The smallest absolute Gasteiger partial charge is 0.387 e. The number of alkyl halides is 2. The number of nitrogens with one attached hydrogen (secondary N) is 2. The Kier molecular flexibility index (Phi) is 7.85. The molecule has 0 unspecified atom stereocenters. The zero-order valence-corrected chi connectivity index (χ0v) is 16.7. The van der Waals surface area contributed by atoms with Crippen LogP contribution in [0.2, 0.25) is 0 Å². The van der Waals surface area contributed by atoms with Crippen molar-refractivity contribution in [1.82, 2.24) is 5.32 Å². The predicted octanol–water partition coefficient (Wildman–Crippen LogP) is 3.21. The Labute approximate surface area is 172 Å². The number of para-hydroxylation sites is 1. The number of ether oxygens (including phenoxy) is 2. The summed E-state index contributed by atoms with van der Waals surface area (Å²) in [5.74, 6) is -2.51. The van der Waals surface area contributed by atoms with Gasteiger partial charge in [-0.3, -0.25) is 14.4 Å². The first-order chi connectivity index (χ1) is 14.2. The number of hydrogen-bond acceptors (Lipinski definition) is 5. The zero-order valence-electron chi connectivity index (χ0n) is 16.7. The van der Waals surface area contributed by atoms with Crippen LogP contribution in [0.1, 0.15) is 28.4 Å². The van der Waals surface area contributed by atoms with Gasteiger partial charge in [-0.05, 0) is 44.5 Å². The van der Waals surface area contributed by atoms with Crippen molar-refractivity contribution in [2.24, 2.45) is 0 Å². The summed E-state index contributed by atoms with van der Waals surface area (Å²) in [6, 6.07) is 10.9. The van der Waals surface area contributed by atoms with Crippen molar-refractivity contribution in [3.8, 4) is 5.75 Å². The molecule has 2 aromatic rings. The molecule has 0 bridgehead atoms. The molecule has 0 radical (unpaired) electrons. The quantitative estimate of drug-likeness (QED) is 0.640. The van der Waals surface area contributed by atoms with Crippen LogP contribution in [-0.4, -0.2) is 37.0 Å². The third kappa shape index (κ3) is 6.54. The maximum Gasteiger partial charge on any atom is 0.387 e. The summed E-state index contributed by atoms with van der Waals surface area (Å²) in [6.07, 6.45) is -1.11. The van der Waals surface area contributed by atoms with E-state index >= 15 is 0 Å². The maximum absolute atomic E-state index is 12.4. The van der Waals surface area contributed by atoms with Crippen LogP contribution in [0.4, 0.5) is 14.5 Å². The van der Waals surface area contributed by atoms with Crippen molar-refractivity contribution in [1.29, 1.82) is 0 Å². The second kappa shape index (κ2) is 10.3. The zero-order chi connectivity index (χ0) is 22.3. The van der Waals surface area contributed by atoms with Crippen molar-refractivity contribution in [3.05, 3.63) is 59.2 Å². The predicted molar refractivity (Wildman–Crippen MR) is 106 cm³/mol. The molecule has 160 valence electrons. The fraction of sp³-hybridized carbons (Fsp3) is 0.286. The summed E-state index contributed by atoms with van der Waals surface area (Å²) >= 11 is 0. The Hall–Kier alpha value is -3.49. The molecule has 9 heteroatoms. The standard InChI is InChI=1S/C21H22F2N2O5/c1-12-8-9-16(13(2)10-12)25-19(27)14(3)29-18(26)11-24-20(28)15-6-4-5-7-17(15)30-21(22)23/h4-10,14,21H,11H2,1-3H3,(H,24,28)(H,25,27)/t14-/m0/s1. The lowest BCUT2D eigenvalue weighted by Crippen LogP contribution is -2.36. The third-order valence-corrected chi connectivity index (χ3v) is 4.06. The molecule has 2 rings (SSSR count). The van der Waals surface area contributed by atoms with Gasteiger partial charge in [-0.1, -0.05) is 29.8 Å². The first kappa shape index (κ1) is 22.8. The van der Waals surface area contributed by atoms with Crippen molar-refractivity contribution in [2.45, 2.75) is 33.5 Å². The van der Waals surface area contributed by atoms with Crippen LogP contribution >= 0.6 is 0 Å². The fourth-order valence-electron chi connectivity index (χ4n) is 2.58. The minimum Gasteiger partial charge on any atom is -0.451 e. The lowest BCUT2D eigenvalue weighted by atomic mass is 10.1. The summed E-state index contributed by atoms with van der Waals surface area (Å²) in [5, 5.41) is 4.92. The van der Waals surface area contributed by atoms with Crippen LogP contribution in [0.15, 0.2) is 42.5 Å². The highest BCUT2D eigenvalue weighted by molar-refractivity contribution is 5.99. The second-order valence-corrected chi connectivity index (χ2v) is 6.50. The number of carbonyl (C=O) groups is 3. The van der Waals surface area contributed by atoms with Gasteiger partial charge in [0.2, 0.25) is 0 Å². The summed E-state index contributed by atoms with van der Waals surface area (Å²) in [5.41, 5.74) is 2.34. The highest BCUT2D eigenvalue weighted by atomic mass is 19.3. The molecule has 0 spiro atoms. The van der Waals surface area contributed by atoms with E-state index < -0.39 is 37.0 Å². The number of amides is 2. The fourth-order valence-corrected chi connectivity index (χ4v) is 2.58. The van der Waals surface area contributed by atoms with E-state index in [9.17, 15) is 23.2 Å². The van der Waals surface area contributed by atoms with Gasteiger partial charge in [0.15, 0.2) is 6.10 Å². The molecule has 0 aliphatic rings. The second-order valence-electron chi connectivity index (χ2n) is 6.50. The van der Waals surface area contributed by atoms with E-state index in [0.717, 1.165) is 11.1 Å². The van der Waals surface area contributed by atoms with Crippen molar-refractivity contribution >= 4 is 23.5 Å². The molecule has 0 heterocycles. The Morgan fingerprint density at radius 2 is 1.77 bits per heavy atom. The molecule has 0 aliphatic heterocycles. The van der Waals surface area contributed by atoms with Gasteiger partial charge in [0.05, 0.1) is 5.56 Å². The van der Waals surface area contributed by atoms with E-state index in [1.165, 1.54) is 31.2 Å². The number of hydrogen-bond donors (Lipinski definition) is 2. The molecule has 2 N–H and O–H groups in total. The Balaban J connectivity index is 1.88. The monoisotopic (exact) mass is 420 g/mol. The van der Waals surface area contributed by atoms with Crippen molar-refractivity contribution < 1.29 is 32.6 Å². The number of halogens is 2. The normalized spacial score (nSPS) is 11.5. The van der Waals surface area contributed by atoms with Gasteiger partial charge in [0.25, 0.3) is 11.8 Å². The maximum atomic E-state index is 12.4. The highest BCUT2D eigenvalue weighted by Crippen LogP contribution is 2.20. The van der Waals surface area contributed by atoms with Gasteiger partial charge in [-0.2, -0.15) is 8.78 Å². The minimum atomic E-state index is -3.10. The van der Waals surface area contributed by atoms with E-state index in [1.54, 1.807) is 6.07 Å². The van der Waals surface area contributed by atoms with E-state index in [4.69, 9.17) is 4.74 Å². The molecule has 2 amide bonds. The minimum absolute atomic E-state index is 0.161. The third-order valence-electron chi connectivity index (χ3n) is 4.06. The topological polar surface area (TPSA) is 93.7 Å². The van der Waals surface area contributed by atoms with Gasteiger partial charge >= 0.3 is 12.6 Å². The average Bonchev–Trinajstić information content (AvgIpc) is 2.68. The van der Waals surface area contributed by atoms with Gasteiger partial charge in [0.1, 0.15) is 12.3 Å². The number of aryl methyl sites for hydroxylation is 2. The Morgan fingerprint density at radius 3 is 2.43 bits per heavy atom. The van der Waals surface area contributed by atoms with Gasteiger partial charge in [-0.25, -0.2) is 0 Å². The molecular formula is C21H22F2N2O5. The molecule has 0 aromatic heterocycles. The molecule has 0 saturated heterocycles. The highest BCUT2D eigenvalue weighted by Gasteiger charge is 2.20. The number of rotatable bonds is 8. The lowest BCUT2D eigenvalue weighted by Gasteiger charge is -2.15. The van der Waals surface area contributed by atoms with Crippen LogP contribution < -0.4 is 15.4 Å². The lowest BCUT2D eigenvalue weighted by molar-refractivity contribution is -0.152. The van der Waals surface area contributed by atoms with Crippen LogP contribution in [0.5, 0.6) is 5.75 Å². The van der Waals surface area contributed by atoms with E-state index in [1.807, 2.05) is 26.0 Å². The summed E-state index contributed by atoms with van der Waals surface area (Å²) in [4.78, 5) is 36.3. The number of esters is 1. The number of anilines is 1. The SMILES string of the molecule is Cc1ccc(NC(=O)[C@H](C)OC(=O)CNC(=O)c2ccccc2OC(F)F)c(C)c1. The average molecular weight is 420 g/mol. The van der Waals surface area contributed by atoms with Crippen molar-refractivity contribution in [2.75, 3.05) is 11.9 Å². The molecular weight excluding hydrogens is 398 g/mol. The van der Waals surface area contributed by atoms with Crippen LogP contribution in [0.3, 0.4) is 0 Å². The summed E-state index contributed by atoms with van der Waals surface area (Å²) in [6.45, 7) is 1.51. The van der Waals surface area contributed by atoms with E-state index in [0.29, 0.717) is 5.69 Å². The molecule has 30 heavy (non-hydrogen) atoms. The van der Waals surface area contributed by atoms with Crippen LogP contribution in [0, 0.1) is 13.8 Å². The molecule has 7 nitrogen and oxygen atoms in total. The number of benzene rings is 2. The van der Waals surface area contributed by atoms with E-state index in [-0.39, 0.29) is 11.3 Å². The van der Waals surface area contributed by atoms with Gasteiger partial charge in [-0.15, -0.1) is 0 Å². The van der Waals surface area contributed by atoms with Gasteiger partial charge < -0.3 is 20.1 Å². The van der Waals surface area contributed by atoms with Gasteiger partial charge in [0, 0.05) is 5.69 Å². The van der Waals surface area contributed by atoms with Crippen molar-refractivity contribution in [3.63, 3.8) is 0 Å². The van der Waals surface area contributed by atoms with Crippen LogP contribution in [-0.2, 0) is 14.3 Å². The first-order valence-corrected chi connectivity index (χ1v) is 9.07. The van der Waals surface area contributed by atoms with Crippen LogP contribution in [0.25, 0.3) is 0 Å². The molecule has 2 aromatic carbocycles. The molecule has 0 saturated carbocycles. The molecule has 1 atom stereocenters.